The third-order valence-electron chi connectivity index (χ3n) is 1.03. The lowest BCUT2D eigenvalue weighted by molar-refractivity contribution is -0.0557. The average Bonchev–Trinajstić information content (AvgIpc) is 2.00. The van der Waals surface area contributed by atoms with Crippen LogP contribution in [0.2, 0.25) is 0 Å². The normalized spacial score (nSPS) is 19.6. The third kappa shape index (κ3) is 2.40. The van der Waals surface area contributed by atoms with Gasteiger partial charge in [0.25, 0.3) is 0 Å². The summed E-state index contributed by atoms with van der Waals surface area (Å²) in [5.74, 6) is 0. The Bertz CT molecular complexity index is 104. The van der Waals surface area contributed by atoms with Crippen molar-refractivity contribution < 1.29 is 25.2 Å². The smallest absolute Gasteiger partial charge is 0.232 e. The maximum absolute atomic E-state index is 9.64. The topological polar surface area (TPSA) is 98.0 Å². The first kappa shape index (κ1) is 9.51. The molecular weight excluding hydrogens is 140 g/mol. The van der Waals surface area contributed by atoms with Gasteiger partial charge in [0.2, 0.25) is 6.29 Å². The molecule has 0 bridgehead atoms. The maximum Gasteiger partial charge on any atom is 0.232 e. The van der Waals surface area contributed by atoms with Crippen molar-refractivity contribution in [1.29, 1.82) is 0 Å². The Hall–Kier alpha value is -0.490. The van der Waals surface area contributed by atoms with Gasteiger partial charge in [-0.2, -0.15) is 0 Å². The molecular formula is C5H9O5. The molecule has 0 spiro atoms. The monoisotopic (exact) mass is 149 g/mol. The molecule has 5 nitrogen and oxygen atoms in total. The summed E-state index contributed by atoms with van der Waals surface area (Å²) >= 11 is 0. The number of hydrogen-bond acceptors (Lipinski definition) is 5. The summed E-state index contributed by atoms with van der Waals surface area (Å²) in [4.78, 5) is 9.64. The van der Waals surface area contributed by atoms with Crippen LogP contribution in [0, 0.1) is 0 Å². The molecule has 0 aromatic heterocycles. The Labute approximate surface area is 57.5 Å². The molecule has 3 atom stereocenters. The van der Waals surface area contributed by atoms with Crippen molar-refractivity contribution in [2.75, 3.05) is 6.61 Å². The fourth-order valence-electron chi connectivity index (χ4n) is 0.388. The summed E-state index contributed by atoms with van der Waals surface area (Å²) in [5.41, 5.74) is 0. The molecule has 0 rings (SSSR count). The molecule has 0 saturated carbocycles. The van der Waals surface area contributed by atoms with Gasteiger partial charge in [0.15, 0.2) is 0 Å². The van der Waals surface area contributed by atoms with Crippen LogP contribution in [0.5, 0.6) is 0 Å². The van der Waals surface area contributed by atoms with Crippen molar-refractivity contribution in [2.45, 2.75) is 18.3 Å². The zero-order chi connectivity index (χ0) is 8.15. The minimum atomic E-state index is -1.76. The van der Waals surface area contributed by atoms with Gasteiger partial charge < -0.3 is 20.4 Å². The van der Waals surface area contributed by atoms with E-state index in [1.165, 1.54) is 0 Å². The highest BCUT2D eigenvalue weighted by atomic mass is 16.4. The molecule has 4 N–H and O–H groups in total. The molecule has 0 amide bonds. The van der Waals surface area contributed by atoms with Crippen LogP contribution in [0.1, 0.15) is 0 Å². The van der Waals surface area contributed by atoms with Crippen molar-refractivity contribution in [3.05, 3.63) is 0 Å². The number of aliphatic hydroxyl groups is 4. The van der Waals surface area contributed by atoms with Gasteiger partial charge in [-0.1, -0.05) is 0 Å². The Morgan fingerprint density at radius 1 is 1.30 bits per heavy atom. The summed E-state index contributed by atoms with van der Waals surface area (Å²) in [5, 5.41) is 33.9. The molecule has 0 aliphatic heterocycles. The lowest BCUT2D eigenvalue weighted by Crippen LogP contribution is -2.40. The van der Waals surface area contributed by atoms with E-state index >= 15 is 0 Å². The Balaban J connectivity index is 3.80. The van der Waals surface area contributed by atoms with Crippen LogP contribution in [-0.2, 0) is 4.79 Å². The van der Waals surface area contributed by atoms with Crippen molar-refractivity contribution in [2.24, 2.45) is 0 Å². The van der Waals surface area contributed by atoms with Crippen molar-refractivity contribution in [1.82, 2.24) is 0 Å². The molecule has 0 unspecified atom stereocenters. The van der Waals surface area contributed by atoms with E-state index in [1.807, 2.05) is 0 Å². The first-order chi connectivity index (χ1) is 4.63. The molecule has 0 heterocycles. The zero-order valence-corrected chi connectivity index (χ0v) is 5.14. The molecule has 5 heteroatoms. The molecule has 0 aromatic carbocycles. The second-order valence-corrected chi connectivity index (χ2v) is 1.80. The van der Waals surface area contributed by atoms with Gasteiger partial charge in [0.1, 0.15) is 18.3 Å². The van der Waals surface area contributed by atoms with E-state index in [9.17, 15) is 4.79 Å². The zero-order valence-electron chi connectivity index (χ0n) is 5.14. The predicted molar refractivity (Wildman–Crippen MR) is 30.8 cm³/mol. The predicted octanol–water partition coefficient (Wildman–Crippen LogP) is -2.83. The lowest BCUT2D eigenvalue weighted by Gasteiger charge is -2.15. The Kier molecular flexibility index (Phi) is 4.13. The first-order valence-electron chi connectivity index (χ1n) is 2.66. The second-order valence-electron chi connectivity index (χ2n) is 1.80. The number of carbonyl (C=O) groups excluding carboxylic acids is 1. The molecule has 0 aromatic rings. The van der Waals surface area contributed by atoms with Crippen molar-refractivity contribution in [3.63, 3.8) is 0 Å². The Morgan fingerprint density at radius 2 is 1.80 bits per heavy atom. The summed E-state index contributed by atoms with van der Waals surface area (Å²) < 4.78 is 0. The van der Waals surface area contributed by atoms with Crippen molar-refractivity contribution in [3.8, 4) is 0 Å². The van der Waals surface area contributed by atoms with E-state index < -0.39 is 24.9 Å². The van der Waals surface area contributed by atoms with E-state index in [0.29, 0.717) is 0 Å². The van der Waals surface area contributed by atoms with Gasteiger partial charge in [-0.15, -0.1) is 0 Å². The third-order valence-corrected chi connectivity index (χ3v) is 1.03. The van der Waals surface area contributed by atoms with Crippen molar-refractivity contribution >= 4 is 6.29 Å². The van der Waals surface area contributed by atoms with Crippen LogP contribution in [0.3, 0.4) is 0 Å². The standard InChI is InChI=1S/C5H9O5/c6-1-3(8)5(10)4(9)2-7/h3-6,8-10H,1H2/t3-,4-,5-/m0/s1. The van der Waals surface area contributed by atoms with E-state index in [0.717, 1.165) is 6.29 Å². The van der Waals surface area contributed by atoms with Crippen LogP contribution in [0.25, 0.3) is 0 Å². The molecule has 0 aliphatic rings. The molecule has 0 aliphatic carbocycles. The lowest BCUT2D eigenvalue weighted by atomic mass is 10.1. The molecule has 10 heavy (non-hydrogen) atoms. The summed E-state index contributed by atoms with van der Waals surface area (Å²) in [7, 11) is 0. The molecule has 59 valence electrons. The van der Waals surface area contributed by atoms with Crippen LogP contribution in [-0.4, -0.2) is 51.6 Å². The highest BCUT2D eigenvalue weighted by Crippen LogP contribution is 1.96. The largest absolute Gasteiger partial charge is 0.394 e. The van der Waals surface area contributed by atoms with Gasteiger partial charge in [-0.25, -0.2) is 0 Å². The van der Waals surface area contributed by atoms with Gasteiger partial charge in [0, 0.05) is 0 Å². The van der Waals surface area contributed by atoms with E-state index in [4.69, 9.17) is 20.4 Å². The van der Waals surface area contributed by atoms with E-state index in [-0.39, 0.29) is 0 Å². The first-order valence-corrected chi connectivity index (χ1v) is 2.66. The minimum Gasteiger partial charge on any atom is -0.394 e. The maximum atomic E-state index is 9.64. The van der Waals surface area contributed by atoms with Gasteiger partial charge in [-0.05, 0) is 0 Å². The fourth-order valence-corrected chi connectivity index (χ4v) is 0.388. The van der Waals surface area contributed by atoms with Gasteiger partial charge >= 0.3 is 0 Å². The van der Waals surface area contributed by atoms with Crippen LogP contribution < -0.4 is 0 Å². The van der Waals surface area contributed by atoms with Gasteiger partial charge in [-0.3, -0.25) is 4.79 Å². The van der Waals surface area contributed by atoms with Crippen LogP contribution in [0.15, 0.2) is 0 Å². The second kappa shape index (κ2) is 4.35. The summed E-state index contributed by atoms with van der Waals surface area (Å²) in [6.07, 6.45) is -3.87. The summed E-state index contributed by atoms with van der Waals surface area (Å²) in [6.45, 7) is -0.708. The minimum absolute atomic E-state index is 0.708. The molecule has 0 fully saturated rings. The highest BCUT2D eigenvalue weighted by Gasteiger charge is 2.23. The van der Waals surface area contributed by atoms with E-state index in [2.05, 4.69) is 0 Å². The van der Waals surface area contributed by atoms with E-state index in [1.54, 1.807) is 0 Å². The number of hydrogen-bond donors (Lipinski definition) is 4. The van der Waals surface area contributed by atoms with Gasteiger partial charge in [0.05, 0.1) is 6.61 Å². The molecule has 0 saturated heterocycles. The molecule has 1 radical (unpaired) electrons. The average molecular weight is 149 g/mol. The van der Waals surface area contributed by atoms with Crippen LogP contribution in [0.4, 0.5) is 0 Å². The quantitative estimate of drug-likeness (QED) is 0.345. The highest BCUT2D eigenvalue weighted by molar-refractivity contribution is 5.57. The number of rotatable bonds is 4. The van der Waals surface area contributed by atoms with Crippen LogP contribution >= 0.6 is 0 Å². The SMILES string of the molecule is O=[C][C@H](O)[C@@H](O)[C@@H](O)CO. The Morgan fingerprint density at radius 3 is 2.10 bits per heavy atom. The number of aliphatic hydroxyl groups excluding tert-OH is 4. The summed E-state index contributed by atoms with van der Waals surface area (Å²) in [6, 6.07) is 0. The fraction of sp³-hybridized carbons (Fsp3) is 0.800.